The zero-order valence-corrected chi connectivity index (χ0v) is 12.6. The van der Waals surface area contributed by atoms with Crippen molar-refractivity contribution in [3.63, 3.8) is 0 Å². The number of carbonyl (C=O) groups excluding carboxylic acids is 1. The number of ether oxygens (including phenoxy) is 1. The Morgan fingerprint density at radius 3 is 2.90 bits per heavy atom. The van der Waals surface area contributed by atoms with Gasteiger partial charge in [-0.2, -0.15) is 0 Å². The van der Waals surface area contributed by atoms with E-state index in [1.807, 2.05) is 38.1 Å². The Kier molecular flexibility index (Phi) is 4.28. The van der Waals surface area contributed by atoms with Crippen LogP contribution in [-0.2, 0) is 11.2 Å². The predicted molar refractivity (Wildman–Crippen MR) is 82.7 cm³/mol. The normalized spacial score (nSPS) is 17.8. The van der Waals surface area contributed by atoms with Gasteiger partial charge in [-0.3, -0.25) is 4.79 Å². The first-order valence-corrected chi connectivity index (χ1v) is 7.09. The number of hydrogen-bond donors (Lipinski definition) is 2. The lowest BCUT2D eigenvalue weighted by atomic mass is 9.92. The van der Waals surface area contributed by atoms with Crippen LogP contribution in [0.3, 0.4) is 0 Å². The van der Waals surface area contributed by atoms with E-state index in [2.05, 4.69) is 5.32 Å². The van der Waals surface area contributed by atoms with Crippen molar-refractivity contribution in [2.75, 3.05) is 13.2 Å². The minimum atomic E-state index is -0.377. The number of para-hydroxylation sites is 1. The van der Waals surface area contributed by atoms with Crippen molar-refractivity contribution >= 4 is 23.1 Å². The van der Waals surface area contributed by atoms with Gasteiger partial charge in [-0.1, -0.05) is 44.3 Å². The molecule has 0 saturated carbocycles. The first kappa shape index (κ1) is 14.8. The molecule has 1 atom stereocenters. The molecule has 1 aromatic carbocycles. The number of thiocarbonyl (C=S) groups is 1. The molecule has 0 aliphatic carbocycles. The third kappa shape index (κ3) is 3.28. The van der Waals surface area contributed by atoms with E-state index in [1.165, 1.54) is 0 Å². The fraction of sp³-hybridized carbons (Fsp3) is 0.467. The van der Waals surface area contributed by atoms with Crippen molar-refractivity contribution < 1.29 is 9.53 Å². The third-order valence-electron chi connectivity index (χ3n) is 3.62. The Bertz CT molecular complexity index is 528. The third-order valence-corrected chi connectivity index (χ3v) is 4.17. The number of carbonyl (C=O) groups is 1. The van der Waals surface area contributed by atoms with Gasteiger partial charge in [0.2, 0.25) is 5.91 Å². The first-order valence-electron chi connectivity index (χ1n) is 6.68. The molecule has 4 nitrogen and oxygen atoms in total. The van der Waals surface area contributed by atoms with Crippen molar-refractivity contribution in [2.45, 2.75) is 20.3 Å². The summed E-state index contributed by atoms with van der Waals surface area (Å²) in [7, 11) is 0. The summed E-state index contributed by atoms with van der Waals surface area (Å²) in [5.41, 5.74) is 6.35. The topological polar surface area (TPSA) is 64.3 Å². The molecule has 20 heavy (non-hydrogen) atoms. The van der Waals surface area contributed by atoms with Crippen molar-refractivity contribution in [2.24, 2.45) is 17.1 Å². The summed E-state index contributed by atoms with van der Waals surface area (Å²) in [5, 5.41) is 2.92. The van der Waals surface area contributed by atoms with Crippen LogP contribution in [0.1, 0.15) is 19.4 Å². The Morgan fingerprint density at radius 2 is 2.20 bits per heavy atom. The Hall–Kier alpha value is -1.62. The minimum Gasteiger partial charge on any atom is -0.492 e. The molecule has 5 heteroatoms. The summed E-state index contributed by atoms with van der Waals surface area (Å²) in [6.07, 6.45) is 0.704. The highest BCUT2D eigenvalue weighted by Gasteiger charge is 2.28. The molecule has 1 aromatic rings. The summed E-state index contributed by atoms with van der Waals surface area (Å²) >= 11 is 4.99. The SMILES string of the molecule is CC(C)(CNC(=O)C1COc2ccccc2C1)C(N)=S. The molecule has 1 amide bonds. The molecule has 0 saturated heterocycles. The number of nitrogens with two attached hydrogens (primary N) is 1. The molecule has 1 heterocycles. The Morgan fingerprint density at radius 1 is 1.50 bits per heavy atom. The Balaban J connectivity index is 1.94. The van der Waals surface area contributed by atoms with Gasteiger partial charge < -0.3 is 15.8 Å². The molecule has 0 fully saturated rings. The second kappa shape index (κ2) is 5.79. The van der Waals surface area contributed by atoms with Crippen molar-refractivity contribution in [3.05, 3.63) is 29.8 Å². The molecule has 1 aliphatic heterocycles. The minimum absolute atomic E-state index is 0.0103. The van der Waals surface area contributed by atoms with Crippen LogP contribution in [0, 0.1) is 11.3 Å². The summed E-state index contributed by atoms with van der Waals surface area (Å²) in [6, 6.07) is 7.82. The summed E-state index contributed by atoms with van der Waals surface area (Å²) in [6.45, 7) is 4.69. The number of fused-ring (bicyclic) bond motifs is 1. The van der Waals surface area contributed by atoms with Gasteiger partial charge in [0.15, 0.2) is 0 Å². The lowest BCUT2D eigenvalue weighted by Gasteiger charge is -2.27. The lowest BCUT2D eigenvalue weighted by molar-refractivity contribution is -0.126. The number of nitrogens with one attached hydrogen (secondary N) is 1. The zero-order valence-electron chi connectivity index (χ0n) is 11.8. The van der Waals surface area contributed by atoms with E-state index in [1.54, 1.807) is 0 Å². The summed E-state index contributed by atoms with van der Waals surface area (Å²) in [5.74, 6) is 0.705. The van der Waals surface area contributed by atoms with Crippen molar-refractivity contribution in [3.8, 4) is 5.75 Å². The summed E-state index contributed by atoms with van der Waals surface area (Å²) < 4.78 is 5.63. The van der Waals surface area contributed by atoms with Gasteiger partial charge >= 0.3 is 0 Å². The average molecular weight is 292 g/mol. The van der Waals surface area contributed by atoms with E-state index in [0.29, 0.717) is 24.6 Å². The van der Waals surface area contributed by atoms with E-state index in [9.17, 15) is 4.79 Å². The number of hydrogen-bond acceptors (Lipinski definition) is 3. The molecule has 0 bridgehead atoms. The molecule has 0 aromatic heterocycles. The zero-order chi connectivity index (χ0) is 14.8. The van der Waals surface area contributed by atoms with Crippen LogP contribution in [-0.4, -0.2) is 24.0 Å². The van der Waals surface area contributed by atoms with Gasteiger partial charge in [-0.15, -0.1) is 0 Å². The van der Waals surface area contributed by atoms with Gasteiger partial charge in [0, 0.05) is 12.0 Å². The molecule has 0 spiro atoms. The van der Waals surface area contributed by atoms with Crippen molar-refractivity contribution in [1.29, 1.82) is 0 Å². The van der Waals surface area contributed by atoms with Gasteiger partial charge in [-0.05, 0) is 18.1 Å². The van der Waals surface area contributed by atoms with Crippen LogP contribution in [0.15, 0.2) is 24.3 Å². The maximum Gasteiger partial charge on any atom is 0.226 e. The first-order chi connectivity index (χ1) is 9.40. The molecular formula is C15H20N2O2S. The van der Waals surface area contributed by atoms with E-state index in [-0.39, 0.29) is 17.2 Å². The smallest absolute Gasteiger partial charge is 0.226 e. The van der Waals surface area contributed by atoms with Crippen LogP contribution in [0.25, 0.3) is 0 Å². The van der Waals surface area contributed by atoms with E-state index >= 15 is 0 Å². The predicted octanol–water partition coefficient (Wildman–Crippen LogP) is 1.67. The summed E-state index contributed by atoms with van der Waals surface area (Å²) in [4.78, 5) is 12.6. The maximum absolute atomic E-state index is 12.2. The van der Waals surface area contributed by atoms with Crippen molar-refractivity contribution in [1.82, 2.24) is 5.32 Å². The second-order valence-corrected chi connectivity index (χ2v) is 6.23. The highest BCUT2D eigenvalue weighted by atomic mass is 32.1. The number of amides is 1. The van der Waals surface area contributed by atoms with Gasteiger partial charge in [0.1, 0.15) is 12.4 Å². The monoisotopic (exact) mass is 292 g/mol. The molecule has 1 unspecified atom stereocenters. The molecule has 0 radical (unpaired) electrons. The lowest BCUT2D eigenvalue weighted by Crippen LogP contribution is -2.45. The van der Waals surface area contributed by atoms with E-state index in [4.69, 9.17) is 22.7 Å². The maximum atomic E-state index is 12.2. The number of rotatable bonds is 4. The molecule has 1 aliphatic rings. The highest BCUT2D eigenvalue weighted by molar-refractivity contribution is 7.80. The fourth-order valence-electron chi connectivity index (χ4n) is 2.04. The molecule has 2 rings (SSSR count). The van der Waals surface area contributed by atoms with E-state index in [0.717, 1.165) is 11.3 Å². The molecular weight excluding hydrogens is 272 g/mol. The molecule has 3 N–H and O–H groups in total. The van der Waals surface area contributed by atoms with Gasteiger partial charge in [-0.25, -0.2) is 0 Å². The van der Waals surface area contributed by atoms with Crippen LogP contribution in [0.5, 0.6) is 5.75 Å². The Labute approximate surface area is 124 Å². The number of benzene rings is 1. The molecule has 108 valence electrons. The van der Waals surface area contributed by atoms with Gasteiger partial charge in [0.25, 0.3) is 0 Å². The van der Waals surface area contributed by atoms with Crippen LogP contribution < -0.4 is 15.8 Å². The average Bonchev–Trinajstić information content (AvgIpc) is 2.44. The van der Waals surface area contributed by atoms with Crippen LogP contribution in [0.4, 0.5) is 0 Å². The largest absolute Gasteiger partial charge is 0.492 e. The highest BCUT2D eigenvalue weighted by Crippen LogP contribution is 2.27. The van der Waals surface area contributed by atoms with E-state index < -0.39 is 0 Å². The standard InChI is InChI=1S/C15H20N2O2S/c1-15(2,14(16)20)9-17-13(18)11-7-10-5-3-4-6-12(10)19-8-11/h3-6,11H,7-9H2,1-2H3,(H2,16,20)(H,17,18). The second-order valence-electron chi connectivity index (χ2n) is 5.79. The van der Waals surface area contributed by atoms with Gasteiger partial charge in [0.05, 0.1) is 10.9 Å². The fourth-order valence-corrected chi connectivity index (χ4v) is 2.11. The quantitative estimate of drug-likeness (QED) is 0.829. The van der Waals surface area contributed by atoms with Crippen LogP contribution in [0.2, 0.25) is 0 Å². The van der Waals surface area contributed by atoms with Crippen LogP contribution >= 0.6 is 12.2 Å².